The summed E-state index contributed by atoms with van der Waals surface area (Å²) in [6.45, 7) is 1.98. The number of fused-ring (bicyclic) bond motifs is 1. The highest BCUT2D eigenvalue weighted by Crippen LogP contribution is 2.56. The fourth-order valence-electron chi connectivity index (χ4n) is 3.35. The molecule has 1 saturated heterocycles. The number of aromatic nitrogens is 4. The molecule has 3 atom stereocenters. The Morgan fingerprint density at radius 2 is 2.00 bits per heavy atom. The highest BCUT2D eigenvalue weighted by Gasteiger charge is 2.40. The van der Waals surface area contributed by atoms with Gasteiger partial charge in [-0.3, -0.25) is 9.05 Å². The van der Waals surface area contributed by atoms with E-state index in [1.807, 2.05) is 16.7 Å². The van der Waals surface area contributed by atoms with Crippen LogP contribution in [0.5, 0.6) is 0 Å². The molecule has 0 saturated carbocycles. The second-order valence-corrected chi connectivity index (χ2v) is 16.1. The van der Waals surface area contributed by atoms with E-state index in [0.717, 1.165) is 0 Å². The van der Waals surface area contributed by atoms with Gasteiger partial charge in [-0.25, -0.2) is 24.2 Å². The number of hydrogen-bond acceptors (Lipinski definition) is 8. The number of nitrogens with two attached hydrogens (primary N) is 1. The third-order valence-electron chi connectivity index (χ3n) is 4.76. The molecule has 2 aliphatic rings. The van der Waals surface area contributed by atoms with Crippen LogP contribution < -0.4 is 5.73 Å². The summed E-state index contributed by atoms with van der Waals surface area (Å²) in [6, 6.07) is -0.0601. The Morgan fingerprint density at radius 3 is 2.73 bits per heavy atom. The second-order valence-electron chi connectivity index (χ2n) is 6.84. The van der Waals surface area contributed by atoms with E-state index in [1.54, 1.807) is 11.0 Å². The number of alkyl halides is 3. The van der Waals surface area contributed by atoms with Crippen LogP contribution in [-0.2, 0) is 18.3 Å². The quantitative estimate of drug-likeness (QED) is 0.290. The zero-order valence-corrected chi connectivity index (χ0v) is 21.4. The highest BCUT2D eigenvalue weighted by molar-refractivity contribution is 9.39. The van der Waals surface area contributed by atoms with E-state index in [4.69, 9.17) is 19.5 Å². The normalized spacial score (nSPS) is 25.0. The number of nitrogen functional groups attached to an aromatic ring is 1. The first-order chi connectivity index (χ1) is 14.3. The van der Waals surface area contributed by atoms with E-state index < -0.39 is 16.0 Å². The van der Waals surface area contributed by atoms with E-state index in [2.05, 4.69) is 62.7 Å². The van der Waals surface area contributed by atoms with Crippen LogP contribution in [0.25, 0.3) is 11.2 Å². The van der Waals surface area contributed by atoms with Crippen molar-refractivity contribution in [2.75, 3.05) is 38.6 Å². The number of hydrogen-bond donors (Lipinski definition) is 1. The molecule has 1 fully saturated rings. The van der Waals surface area contributed by atoms with Gasteiger partial charge in [-0.2, -0.15) is 0 Å². The molecule has 0 amide bonds. The molecule has 0 spiro atoms. The Balaban J connectivity index is 1.49. The van der Waals surface area contributed by atoms with E-state index in [9.17, 15) is 4.57 Å². The minimum atomic E-state index is -3.56. The monoisotopic (exact) mass is 628 g/mol. The zero-order valence-electron chi connectivity index (χ0n) is 15.7. The molecule has 1 aliphatic carbocycles. The van der Waals surface area contributed by atoms with E-state index in [0.29, 0.717) is 49.7 Å². The summed E-state index contributed by atoms with van der Waals surface area (Å²) in [4.78, 5) is 12.6. The number of morpholine rings is 1. The van der Waals surface area contributed by atoms with Crippen LogP contribution in [0.1, 0.15) is 12.5 Å². The van der Waals surface area contributed by atoms with Gasteiger partial charge < -0.3 is 15.0 Å². The first kappa shape index (κ1) is 22.8. The van der Waals surface area contributed by atoms with Crippen LogP contribution in [-0.4, -0.2) is 65.3 Å². The van der Waals surface area contributed by atoms with Crippen molar-refractivity contribution < 1.29 is 18.3 Å². The Morgan fingerprint density at radius 1 is 1.23 bits per heavy atom. The molecule has 2 aromatic rings. The fourth-order valence-corrected chi connectivity index (χ4v) is 6.09. The van der Waals surface area contributed by atoms with Crippen molar-refractivity contribution in [1.29, 1.82) is 0 Å². The maximum absolute atomic E-state index is 13.7. The third-order valence-corrected chi connectivity index (χ3v) is 7.53. The van der Waals surface area contributed by atoms with Crippen molar-refractivity contribution in [2.45, 2.75) is 20.7 Å². The molecule has 2 unspecified atom stereocenters. The number of halogens is 3. The lowest BCUT2D eigenvalue weighted by molar-refractivity contribution is 0.0452. The van der Waals surface area contributed by atoms with Crippen molar-refractivity contribution in [3.63, 3.8) is 0 Å². The fraction of sp³-hybridized carbons (Fsp3) is 0.562. The number of anilines is 1. The number of ether oxygens (including phenoxy) is 1. The van der Waals surface area contributed by atoms with Crippen molar-refractivity contribution in [1.82, 2.24) is 24.2 Å². The van der Waals surface area contributed by atoms with Crippen molar-refractivity contribution in [3.05, 3.63) is 24.8 Å². The van der Waals surface area contributed by atoms with Gasteiger partial charge in [-0.1, -0.05) is 59.9 Å². The summed E-state index contributed by atoms with van der Waals surface area (Å²) in [5, 5.41) is 0. The molecule has 2 N–H and O–H groups in total. The first-order valence-electron chi connectivity index (χ1n) is 9.19. The molecule has 0 bridgehead atoms. The molecular weight excluding hydrogens is 611 g/mol. The largest absolute Gasteiger partial charge is 0.409 e. The average molecular weight is 631 g/mol. The smallest absolute Gasteiger partial charge is 0.382 e. The van der Waals surface area contributed by atoms with Gasteiger partial charge in [0.25, 0.3) is 0 Å². The zero-order chi connectivity index (χ0) is 21.4. The molecule has 4 rings (SSSR count). The van der Waals surface area contributed by atoms with Crippen LogP contribution in [0.3, 0.4) is 0 Å². The molecule has 1 aliphatic heterocycles. The van der Waals surface area contributed by atoms with Gasteiger partial charge >= 0.3 is 7.75 Å². The molecule has 14 heteroatoms. The highest BCUT2D eigenvalue weighted by atomic mass is 80.0. The minimum Gasteiger partial charge on any atom is -0.382 e. The maximum atomic E-state index is 13.7. The molecule has 0 aromatic carbocycles. The third kappa shape index (κ3) is 5.15. The predicted molar refractivity (Wildman–Crippen MR) is 123 cm³/mol. The Hall–Kier alpha value is -0.400. The van der Waals surface area contributed by atoms with Crippen LogP contribution in [0.15, 0.2) is 24.8 Å². The summed E-state index contributed by atoms with van der Waals surface area (Å²) in [7, 11) is -3.56. The minimum absolute atomic E-state index is 0.0601. The van der Waals surface area contributed by atoms with Crippen molar-refractivity contribution in [2.24, 2.45) is 0 Å². The average Bonchev–Trinajstić information content (AvgIpc) is 3.34. The van der Waals surface area contributed by atoms with Crippen LogP contribution in [0.2, 0.25) is 0 Å². The van der Waals surface area contributed by atoms with E-state index in [1.165, 1.54) is 6.33 Å². The molecule has 10 nitrogen and oxygen atoms in total. The number of allylic oxidation sites excluding steroid dienone is 1. The van der Waals surface area contributed by atoms with Gasteiger partial charge in [0, 0.05) is 19.5 Å². The first-order valence-corrected chi connectivity index (χ1v) is 13.1. The summed E-state index contributed by atoms with van der Waals surface area (Å²) in [6.07, 6.45) is 7.14. The van der Waals surface area contributed by atoms with Crippen LogP contribution in [0.4, 0.5) is 5.82 Å². The molecule has 164 valence electrons. The lowest BCUT2D eigenvalue weighted by Crippen LogP contribution is -2.36. The second kappa shape index (κ2) is 9.22. The lowest BCUT2D eigenvalue weighted by Gasteiger charge is -2.34. The maximum Gasteiger partial charge on any atom is 0.409 e. The van der Waals surface area contributed by atoms with Gasteiger partial charge in [0.2, 0.25) is 0 Å². The summed E-state index contributed by atoms with van der Waals surface area (Å²) >= 11 is 10.1. The summed E-state index contributed by atoms with van der Waals surface area (Å²) in [5.74, 6) is 0.335. The molecule has 3 heterocycles. The number of nitrogens with zero attached hydrogens (tertiary/aromatic N) is 5. The van der Waals surface area contributed by atoms with Crippen molar-refractivity contribution >= 4 is 72.5 Å². The van der Waals surface area contributed by atoms with Crippen molar-refractivity contribution in [3.8, 4) is 0 Å². The predicted octanol–water partition coefficient (Wildman–Crippen LogP) is 3.59. The van der Waals surface area contributed by atoms with Gasteiger partial charge in [0.15, 0.2) is 13.6 Å². The number of rotatable bonds is 6. The van der Waals surface area contributed by atoms with Gasteiger partial charge in [-0.05, 0) is 0 Å². The topological polar surface area (TPSA) is 118 Å². The lowest BCUT2D eigenvalue weighted by atomic mass is 10.2. The Kier molecular flexibility index (Phi) is 7.00. The van der Waals surface area contributed by atoms with E-state index >= 15 is 0 Å². The Labute approximate surface area is 198 Å². The standard InChI is InChI=1S/C16H20Br3N6O4P/c17-16(18,19)8-28-30(26,24-3-5-27-6-4-24)29-12-2-1-11(7-12)25-10-23-13-14(20)21-9-22-15(13)25/h1-2,9-12H,3-8H2,(H2,20,21,22)/t11-,12?,30?/m1/s1. The molecule has 2 aromatic heterocycles. The van der Waals surface area contributed by atoms with Crippen LogP contribution in [0, 0.1) is 0 Å². The molecule has 30 heavy (non-hydrogen) atoms. The van der Waals surface area contributed by atoms with Crippen LogP contribution >= 0.6 is 55.5 Å². The summed E-state index contributed by atoms with van der Waals surface area (Å²) in [5.41, 5.74) is 7.08. The van der Waals surface area contributed by atoms with Gasteiger partial charge in [-0.15, -0.1) is 0 Å². The Bertz CT molecular complexity index is 978. The number of imidazole rings is 1. The molecule has 0 radical (unpaired) electrons. The summed E-state index contributed by atoms with van der Waals surface area (Å²) < 4.78 is 33.9. The van der Waals surface area contributed by atoms with E-state index in [-0.39, 0.29) is 12.6 Å². The van der Waals surface area contributed by atoms with Gasteiger partial charge in [0.05, 0.1) is 38.3 Å². The van der Waals surface area contributed by atoms with Gasteiger partial charge in [0.1, 0.15) is 11.8 Å². The molecular formula is C16H20Br3N6O4P. The SMILES string of the molecule is Nc1ncnc2c1ncn2[C@@H]1C=CC(OP(=O)(OCC(Br)(Br)Br)N2CCOCC2)C1.